The highest BCUT2D eigenvalue weighted by molar-refractivity contribution is 5.76. The van der Waals surface area contributed by atoms with Gasteiger partial charge in [0, 0.05) is 6.42 Å². The van der Waals surface area contributed by atoms with Gasteiger partial charge in [-0.3, -0.25) is 4.79 Å². The molecule has 12 unspecified atom stereocenters. The molecule has 1 amide bonds. The fraction of sp³-hybridized carbons (Fsp3) is 0.977. The number of carbonyl (C=O) groups is 1. The van der Waals surface area contributed by atoms with E-state index in [4.69, 9.17) is 18.9 Å². The van der Waals surface area contributed by atoms with Crippen LogP contribution in [0.15, 0.2) is 0 Å². The van der Waals surface area contributed by atoms with Crippen LogP contribution in [-0.4, -0.2) is 140 Å². The van der Waals surface area contributed by atoms with Crippen LogP contribution in [-0.2, 0) is 23.7 Å². The van der Waals surface area contributed by atoms with E-state index >= 15 is 0 Å². The average Bonchev–Trinajstić information content (AvgIpc) is 3.21. The van der Waals surface area contributed by atoms with Gasteiger partial charge in [0.15, 0.2) is 12.6 Å². The highest BCUT2D eigenvalue weighted by Gasteiger charge is 2.51. The number of unbranched alkanes of at least 4 members (excludes halogenated alkanes) is 21. The summed E-state index contributed by atoms with van der Waals surface area (Å²) in [5, 5.41) is 86.4. The third kappa shape index (κ3) is 20.4. The standard InChI is InChI=1S/C43H83NO13/c1-3-5-7-9-11-13-14-15-16-17-19-21-23-25-27-35(48)44-31(32(47)26-24-22-20-18-12-10-8-6-4-2)30-54-42-40(53)38(51)41(34(29-46)56-42)57-43-39(52)37(50)36(49)33(28-45)55-43/h31-34,36-43,45-47,49-53H,3-30H2,1-2H3,(H,44,48). The number of hydrogen-bond donors (Lipinski definition) is 9. The summed E-state index contributed by atoms with van der Waals surface area (Å²) < 4.78 is 22.6. The van der Waals surface area contributed by atoms with Gasteiger partial charge < -0.3 is 65.1 Å². The third-order valence-corrected chi connectivity index (χ3v) is 11.6. The number of aliphatic hydroxyl groups excluding tert-OH is 8. The van der Waals surface area contributed by atoms with Gasteiger partial charge in [-0.1, -0.05) is 155 Å². The van der Waals surface area contributed by atoms with Crippen LogP contribution in [0.4, 0.5) is 0 Å². The molecule has 2 saturated heterocycles. The van der Waals surface area contributed by atoms with Crippen LogP contribution >= 0.6 is 0 Å². The number of nitrogens with one attached hydrogen (secondary N) is 1. The normalized spacial score (nSPS) is 29.0. The quantitative estimate of drug-likeness (QED) is 0.0414. The Kier molecular flexibility index (Phi) is 29.1. The van der Waals surface area contributed by atoms with E-state index < -0.39 is 86.8 Å². The van der Waals surface area contributed by atoms with Crippen molar-refractivity contribution >= 4 is 5.91 Å². The topological polar surface area (TPSA) is 228 Å². The van der Waals surface area contributed by atoms with Crippen molar-refractivity contribution in [3.8, 4) is 0 Å². The van der Waals surface area contributed by atoms with Crippen LogP contribution in [0.5, 0.6) is 0 Å². The molecule has 14 nitrogen and oxygen atoms in total. The first-order valence-corrected chi connectivity index (χ1v) is 22.8. The van der Waals surface area contributed by atoms with Gasteiger partial charge >= 0.3 is 0 Å². The zero-order valence-electron chi connectivity index (χ0n) is 35.3. The third-order valence-electron chi connectivity index (χ3n) is 11.6. The van der Waals surface area contributed by atoms with Crippen LogP contribution in [0, 0.1) is 0 Å². The highest BCUT2D eigenvalue weighted by atomic mass is 16.7. The number of aliphatic hydroxyl groups is 8. The Morgan fingerprint density at radius 2 is 1.00 bits per heavy atom. The smallest absolute Gasteiger partial charge is 0.220 e. The van der Waals surface area contributed by atoms with Crippen LogP contribution < -0.4 is 5.32 Å². The average molecular weight is 822 g/mol. The molecular weight excluding hydrogens is 738 g/mol. The minimum absolute atomic E-state index is 0.208. The summed E-state index contributed by atoms with van der Waals surface area (Å²) in [4.78, 5) is 13.1. The second kappa shape index (κ2) is 31.8. The maximum atomic E-state index is 13.1. The molecule has 57 heavy (non-hydrogen) atoms. The van der Waals surface area contributed by atoms with E-state index in [1.165, 1.54) is 96.3 Å². The molecule has 0 aromatic rings. The largest absolute Gasteiger partial charge is 0.394 e. The van der Waals surface area contributed by atoms with Crippen molar-refractivity contribution in [3.05, 3.63) is 0 Å². The van der Waals surface area contributed by atoms with Crippen LogP contribution in [0.1, 0.15) is 174 Å². The van der Waals surface area contributed by atoms with E-state index in [2.05, 4.69) is 19.2 Å². The molecule has 0 bridgehead atoms. The number of hydrogen-bond acceptors (Lipinski definition) is 13. The maximum Gasteiger partial charge on any atom is 0.220 e. The van der Waals surface area contributed by atoms with Gasteiger partial charge in [0.1, 0.15) is 48.8 Å². The summed E-state index contributed by atoms with van der Waals surface area (Å²) in [6, 6.07) is -0.818. The van der Waals surface area contributed by atoms with Gasteiger partial charge in [0.25, 0.3) is 0 Å². The van der Waals surface area contributed by atoms with Gasteiger partial charge in [-0.05, 0) is 12.8 Å². The Labute approximate surface area is 343 Å². The van der Waals surface area contributed by atoms with Crippen molar-refractivity contribution in [2.45, 2.75) is 248 Å². The maximum absolute atomic E-state index is 13.1. The SMILES string of the molecule is CCCCCCCCCCCCCCCCC(=O)NC(COC1OC(CO)C(OC2OC(CO)C(O)C(O)C2O)C(O)C1O)C(O)CCCCCCCCCCC. The monoisotopic (exact) mass is 822 g/mol. The van der Waals surface area contributed by atoms with Crippen molar-refractivity contribution in [2.24, 2.45) is 0 Å². The van der Waals surface area contributed by atoms with Crippen LogP contribution in [0.2, 0.25) is 0 Å². The molecule has 2 heterocycles. The molecule has 338 valence electrons. The fourth-order valence-corrected chi connectivity index (χ4v) is 7.76. The van der Waals surface area contributed by atoms with Gasteiger partial charge in [0.2, 0.25) is 5.91 Å². The number of rotatable bonds is 34. The Bertz CT molecular complexity index is 977. The molecule has 9 N–H and O–H groups in total. The lowest BCUT2D eigenvalue weighted by Gasteiger charge is -2.46. The van der Waals surface area contributed by atoms with E-state index in [9.17, 15) is 45.6 Å². The van der Waals surface area contributed by atoms with Gasteiger partial charge in [0.05, 0.1) is 32.0 Å². The van der Waals surface area contributed by atoms with E-state index in [-0.39, 0.29) is 12.5 Å². The summed E-state index contributed by atoms with van der Waals surface area (Å²) in [7, 11) is 0. The van der Waals surface area contributed by atoms with Gasteiger partial charge in [-0.25, -0.2) is 0 Å². The summed E-state index contributed by atoms with van der Waals surface area (Å²) >= 11 is 0. The minimum Gasteiger partial charge on any atom is -0.394 e. The fourth-order valence-electron chi connectivity index (χ4n) is 7.76. The molecule has 2 rings (SSSR count). The molecule has 0 aromatic heterocycles. The van der Waals surface area contributed by atoms with Crippen molar-refractivity contribution < 1.29 is 64.6 Å². The molecule has 0 aromatic carbocycles. The molecule has 2 aliphatic heterocycles. The van der Waals surface area contributed by atoms with Crippen molar-refractivity contribution in [2.75, 3.05) is 19.8 Å². The molecule has 0 radical (unpaired) electrons. The number of carbonyl (C=O) groups excluding carboxylic acids is 1. The first-order valence-electron chi connectivity index (χ1n) is 22.8. The van der Waals surface area contributed by atoms with Gasteiger partial charge in [-0.15, -0.1) is 0 Å². The van der Waals surface area contributed by atoms with E-state index in [1.807, 2.05) is 0 Å². The lowest BCUT2D eigenvalue weighted by molar-refractivity contribution is -0.359. The molecule has 0 aliphatic carbocycles. The molecule has 2 aliphatic rings. The molecule has 0 saturated carbocycles. The lowest BCUT2D eigenvalue weighted by atomic mass is 9.97. The van der Waals surface area contributed by atoms with Crippen molar-refractivity contribution in [3.63, 3.8) is 0 Å². The Hall–Kier alpha value is -1.01. The molecular formula is C43H83NO13. The molecule has 12 atom stereocenters. The number of amides is 1. The van der Waals surface area contributed by atoms with E-state index in [1.54, 1.807) is 0 Å². The summed E-state index contributed by atoms with van der Waals surface area (Å²) in [6.45, 7) is 2.81. The van der Waals surface area contributed by atoms with Crippen molar-refractivity contribution in [1.29, 1.82) is 0 Å². The number of ether oxygens (including phenoxy) is 4. The second-order valence-corrected chi connectivity index (χ2v) is 16.5. The minimum atomic E-state index is -1.78. The molecule has 14 heteroatoms. The molecule has 0 spiro atoms. The van der Waals surface area contributed by atoms with Crippen LogP contribution in [0.3, 0.4) is 0 Å². The first-order chi connectivity index (χ1) is 27.6. The molecule has 2 fully saturated rings. The lowest BCUT2D eigenvalue weighted by Crippen LogP contribution is -2.65. The highest BCUT2D eigenvalue weighted by Crippen LogP contribution is 2.30. The van der Waals surface area contributed by atoms with Gasteiger partial charge in [-0.2, -0.15) is 0 Å². The zero-order chi connectivity index (χ0) is 41.8. The van der Waals surface area contributed by atoms with E-state index in [0.29, 0.717) is 12.8 Å². The first kappa shape index (κ1) is 52.1. The van der Waals surface area contributed by atoms with Crippen LogP contribution in [0.25, 0.3) is 0 Å². The zero-order valence-corrected chi connectivity index (χ0v) is 35.3. The second-order valence-electron chi connectivity index (χ2n) is 16.5. The predicted molar refractivity (Wildman–Crippen MR) is 217 cm³/mol. The van der Waals surface area contributed by atoms with E-state index in [0.717, 1.165) is 51.4 Å². The Balaban J connectivity index is 1.87. The summed E-state index contributed by atoms with van der Waals surface area (Å²) in [6.07, 6.45) is 11.2. The predicted octanol–water partition coefficient (Wildman–Crippen LogP) is 4.27. The van der Waals surface area contributed by atoms with Crippen molar-refractivity contribution in [1.82, 2.24) is 5.32 Å². The summed E-state index contributed by atoms with van der Waals surface area (Å²) in [5.41, 5.74) is 0. The Morgan fingerprint density at radius 1 is 0.561 bits per heavy atom. The summed E-state index contributed by atoms with van der Waals surface area (Å²) in [5.74, 6) is -0.208. The Morgan fingerprint density at radius 3 is 1.49 bits per heavy atom.